The first kappa shape index (κ1) is 20.5. The summed E-state index contributed by atoms with van der Waals surface area (Å²) in [5.41, 5.74) is 1.11. The molecule has 0 saturated carbocycles. The van der Waals surface area contributed by atoms with E-state index in [1.54, 1.807) is 38.1 Å². The third-order valence-corrected chi connectivity index (χ3v) is 3.75. The average molecular weight is 371 g/mol. The molecule has 2 N–H and O–H groups in total. The lowest BCUT2D eigenvalue weighted by atomic mass is 10.2. The Bertz CT molecular complexity index is 730. The van der Waals surface area contributed by atoms with Gasteiger partial charge in [-0.15, -0.1) is 0 Å². The standard InChI is InChI=1S/C21H26N2O4/c1-16(2)27-21(25)17-9-11-18(12-10-17)22-20(24)15-23(3)13-14-26-19-7-5-4-6-8-19/h4-12,16H,13-15H2,1-3H3,(H,22,24)/p+1. The predicted octanol–water partition coefficient (Wildman–Crippen LogP) is 1.78. The van der Waals surface area contributed by atoms with Crippen molar-refractivity contribution in [1.82, 2.24) is 0 Å². The van der Waals surface area contributed by atoms with Crippen molar-refractivity contribution < 1.29 is 24.0 Å². The molecule has 0 aliphatic carbocycles. The Kier molecular flexibility index (Phi) is 7.82. The fourth-order valence-corrected chi connectivity index (χ4v) is 2.40. The van der Waals surface area contributed by atoms with Gasteiger partial charge in [-0.05, 0) is 50.2 Å². The zero-order valence-electron chi connectivity index (χ0n) is 16.0. The van der Waals surface area contributed by atoms with Gasteiger partial charge in [-0.2, -0.15) is 0 Å². The van der Waals surface area contributed by atoms with Crippen molar-refractivity contribution in [2.45, 2.75) is 20.0 Å². The van der Waals surface area contributed by atoms with Crippen LogP contribution in [-0.2, 0) is 9.53 Å². The van der Waals surface area contributed by atoms with Crippen LogP contribution in [0.3, 0.4) is 0 Å². The summed E-state index contributed by atoms with van der Waals surface area (Å²) in [5, 5.41) is 2.84. The van der Waals surface area contributed by atoms with Crippen LogP contribution in [-0.4, -0.2) is 44.7 Å². The number of benzene rings is 2. The number of amides is 1. The third kappa shape index (κ3) is 7.50. The highest BCUT2D eigenvalue weighted by Gasteiger charge is 2.12. The highest BCUT2D eigenvalue weighted by Crippen LogP contribution is 2.11. The Morgan fingerprint density at radius 1 is 1.04 bits per heavy atom. The Morgan fingerprint density at radius 3 is 2.33 bits per heavy atom. The molecule has 6 nitrogen and oxygen atoms in total. The number of ether oxygens (including phenoxy) is 2. The number of carbonyl (C=O) groups excluding carboxylic acids is 2. The smallest absolute Gasteiger partial charge is 0.338 e. The van der Waals surface area contributed by atoms with Crippen LogP contribution in [0.4, 0.5) is 5.69 Å². The molecule has 0 bridgehead atoms. The molecular formula is C21H27N2O4+. The van der Waals surface area contributed by atoms with Crippen LogP contribution >= 0.6 is 0 Å². The molecule has 2 aromatic rings. The van der Waals surface area contributed by atoms with E-state index in [4.69, 9.17) is 9.47 Å². The molecule has 1 amide bonds. The molecule has 2 aromatic carbocycles. The minimum absolute atomic E-state index is 0.0929. The van der Waals surface area contributed by atoms with E-state index in [1.165, 1.54) is 0 Å². The number of rotatable bonds is 9. The monoisotopic (exact) mass is 371 g/mol. The first-order valence-corrected chi connectivity index (χ1v) is 9.04. The molecule has 144 valence electrons. The Hall–Kier alpha value is -2.86. The number of quaternary nitrogens is 1. The molecule has 1 atom stereocenters. The lowest BCUT2D eigenvalue weighted by molar-refractivity contribution is -0.871. The number of hydrogen-bond acceptors (Lipinski definition) is 4. The minimum atomic E-state index is -0.370. The van der Waals surface area contributed by atoms with Gasteiger partial charge in [0.1, 0.15) is 18.9 Å². The van der Waals surface area contributed by atoms with Gasteiger partial charge < -0.3 is 19.7 Å². The van der Waals surface area contributed by atoms with E-state index in [0.29, 0.717) is 30.9 Å². The second-order valence-corrected chi connectivity index (χ2v) is 6.62. The zero-order chi connectivity index (χ0) is 19.6. The summed E-state index contributed by atoms with van der Waals surface area (Å²) in [6.45, 7) is 5.18. The van der Waals surface area contributed by atoms with E-state index < -0.39 is 0 Å². The van der Waals surface area contributed by atoms with Gasteiger partial charge in [0.2, 0.25) is 0 Å². The fourth-order valence-electron chi connectivity index (χ4n) is 2.40. The van der Waals surface area contributed by atoms with Gasteiger partial charge in [-0.1, -0.05) is 18.2 Å². The van der Waals surface area contributed by atoms with Gasteiger partial charge >= 0.3 is 5.97 Å². The van der Waals surface area contributed by atoms with Gasteiger partial charge in [-0.3, -0.25) is 4.79 Å². The molecule has 0 saturated heterocycles. The van der Waals surface area contributed by atoms with Crippen LogP contribution in [0.5, 0.6) is 5.75 Å². The lowest BCUT2D eigenvalue weighted by Gasteiger charge is -2.14. The van der Waals surface area contributed by atoms with Crippen molar-refractivity contribution in [3.05, 3.63) is 60.2 Å². The summed E-state index contributed by atoms with van der Waals surface area (Å²) in [4.78, 5) is 25.0. The minimum Gasteiger partial charge on any atom is -0.488 e. The molecule has 0 radical (unpaired) electrons. The molecule has 0 fully saturated rings. The van der Waals surface area contributed by atoms with Crippen molar-refractivity contribution >= 4 is 17.6 Å². The van der Waals surface area contributed by atoms with E-state index in [0.717, 1.165) is 10.6 Å². The van der Waals surface area contributed by atoms with Crippen LogP contribution < -0.4 is 15.0 Å². The molecule has 1 unspecified atom stereocenters. The molecule has 0 heterocycles. The van der Waals surface area contributed by atoms with E-state index in [1.807, 2.05) is 37.4 Å². The van der Waals surface area contributed by atoms with Crippen LogP contribution in [0.1, 0.15) is 24.2 Å². The van der Waals surface area contributed by atoms with E-state index in [9.17, 15) is 9.59 Å². The maximum absolute atomic E-state index is 12.2. The fraction of sp³-hybridized carbons (Fsp3) is 0.333. The number of likely N-dealkylation sites (N-methyl/N-ethyl adjacent to an activating group) is 1. The number of para-hydroxylation sites is 1. The van der Waals surface area contributed by atoms with Crippen molar-refractivity contribution in [3.8, 4) is 5.75 Å². The second kappa shape index (κ2) is 10.3. The van der Waals surface area contributed by atoms with Crippen molar-refractivity contribution in [1.29, 1.82) is 0 Å². The summed E-state index contributed by atoms with van der Waals surface area (Å²) in [6, 6.07) is 16.3. The average Bonchev–Trinajstić information content (AvgIpc) is 2.62. The van der Waals surface area contributed by atoms with Crippen LogP contribution in [0.15, 0.2) is 54.6 Å². The summed E-state index contributed by atoms with van der Waals surface area (Å²) < 4.78 is 10.8. The quantitative estimate of drug-likeness (QED) is 0.660. The Morgan fingerprint density at radius 2 is 1.70 bits per heavy atom. The number of esters is 1. The predicted molar refractivity (Wildman–Crippen MR) is 104 cm³/mol. The van der Waals surface area contributed by atoms with Gasteiger partial charge in [0, 0.05) is 5.69 Å². The lowest BCUT2D eigenvalue weighted by Crippen LogP contribution is -3.10. The molecule has 6 heteroatoms. The molecule has 0 aromatic heterocycles. The van der Waals surface area contributed by atoms with Gasteiger partial charge in [0.15, 0.2) is 6.54 Å². The molecule has 0 aliphatic heterocycles. The number of nitrogens with one attached hydrogen (secondary N) is 2. The largest absolute Gasteiger partial charge is 0.488 e. The van der Waals surface area contributed by atoms with Crippen LogP contribution in [0.2, 0.25) is 0 Å². The molecule has 0 spiro atoms. The highest BCUT2D eigenvalue weighted by molar-refractivity contribution is 5.93. The maximum atomic E-state index is 12.2. The van der Waals surface area contributed by atoms with E-state index in [-0.39, 0.29) is 18.0 Å². The summed E-state index contributed by atoms with van der Waals surface area (Å²) in [6.07, 6.45) is -0.165. The summed E-state index contributed by atoms with van der Waals surface area (Å²) >= 11 is 0. The Labute approximate surface area is 160 Å². The van der Waals surface area contributed by atoms with E-state index in [2.05, 4.69) is 5.32 Å². The summed E-state index contributed by atoms with van der Waals surface area (Å²) in [5.74, 6) is 0.362. The van der Waals surface area contributed by atoms with Gasteiger partial charge in [0.25, 0.3) is 5.91 Å². The molecule has 0 aliphatic rings. The number of anilines is 1. The zero-order valence-corrected chi connectivity index (χ0v) is 16.0. The first-order valence-electron chi connectivity index (χ1n) is 9.04. The van der Waals surface area contributed by atoms with Crippen LogP contribution in [0, 0.1) is 0 Å². The van der Waals surface area contributed by atoms with E-state index >= 15 is 0 Å². The number of carbonyl (C=O) groups is 2. The van der Waals surface area contributed by atoms with Gasteiger partial charge in [-0.25, -0.2) is 4.79 Å². The molecule has 2 rings (SSSR count). The third-order valence-electron chi connectivity index (χ3n) is 3.75. The Balaban J connectivity index is 1.73. The maximum Gasteiger partial charge on any atom is 0.338 e. The van der Waals surface area contributed by atoms with Crippen molar-refractivity contribution in [2.24, 2.45) is 0 Å². The van der Waals surface area contributed by atoms with Crippen molar-refractivity contribution in [3.63, 3.8) is 0 Å². The SMILES string of the molecule is CC(C)OC(=O)c1ccc(NC(=O)C[NH+](C)CCOc2ccccc2)cc1. The molecule has 27 heavy (non-hydrogen) atoms. The van der Waals surface area contributed by atoms with Gasteiger partial charge in [0.05, 0.1) is 18.7 Å². The summed E-state index contributed by atoms with van der Waals surface area (Å²) in [7, 11) is 1.94. The van der Waals surface area contributed by atoms with Crippen LogP contribution in [0.25, 0.3) is 0 Å². The topological polar surface area (TPSA) is 69.1 Å². The highest BCUT2D eigenvalue weighted by atomic mass is 16.5. The molecular weight excluding hydrogens is 344 g/mol. The normalized spacial score (nSPS) is 11.7. The second-order valence-electron chi connectivity index (χ2n) is 6.62. The van der Waals surface area contributed by atoms with Crippen molar-refractivity contribution in [2.75, 3.05) is 32.1 Å². The number of hydrogen-bond donors (Lipinski definition) is 2. The first-order chi connectivity index (χ1) is 12.9.